The van der Waals surface area contributed by atoms with Crippen LogP contribution in [-0.4, -0.2) is 38.3 Å². The Bertz CT molecular complexity index is 280. The second-order valence-electron chi connectivity index (χ2n) is 5.60. The van der Waals surface area contributed by atoms with Crippen LogP contribution in [0.1, 0.15) is 53.4 Å². The predicted molar refractivity (Wildman–Crippen MR) is 97.1 cm³/mol. The van der Waals surface area contributed by atoms with Crippen LogP contribution < -0.4 is 10.6 Å². The average molecular weight is 397 g/mol. The fourth-order valence-corrected chi connectivity index (χ4v) is 2.00. The van der Waals surface area contributed by atoms with Gasteiger partial charge in [0.05, 0.1) is 0 Å². The highest BCUT2D eigenvalue weighted by molar-refractivity contribution is 14.0. The van der Waals surface area contributed by atoms with Gasteiger partial charge in [0.2, 0.25) is 0 Å². The molecule has 120 valence electrons. The normalized spacial score (nSPS) is 18.1. The first-order chi connectivity index (χ1) is 9.15. The lowest BCUT2D eigenvalue weighted by molar-refractivity contribution is 0.129. The Balaban J connectivity index is 0.00000361. The molecule has 0 spiro atoms. The number of aliphatic imine (C=N–C) groups is 1. The van der Waals surface area contributed by atoms with Gasteiger partial charge in [-0.15, -0.1) is 24.0 Å². The van der Waals surface area contributed by atoms with E-state index in [2.05, 4.69) is 38.3 Å². The fourth-order valence-electron chi connectivity index (χ4n) is 2.00. The van der Waals surface area contributed by atoms with E-state index in [0.717, 1.165) is 45.1 Å². The molecule has 0 saturated heterocycles. The quantitative estimate of drug-likeness (QED) is 0.272. The van der Waals surface area contributed by atoms with E-state index in [4.69, 9.17) is 9.73 Å². The van der Waals surface area contributed by atoms with Gasteiger partial charge in [-0.2, -0.15) is 0 Å². The summed E-state index contributed by atoms with van der Waals surface area (Å²) in [6, 6.07) is 0.469. The number of hydrogen-bond donors (Lipinski definition) is 2. The molecule has 0 aromatic carbocycles. The van der Waals surface area contributed by atoms with Gasteiger partial charge >= 0.3 is 0 Å². The molecule has 1 aliphatic rings. The molecule has 0 radical (unpaired) electrons. The first kappa shape index (κ1) is 20.0. The summed E-state index contributed by atoms with van der Waals surface area (Å²) in [4.78, 5) is 4.75. The van der Waals surface area contributed by atoms with Gasteiger partial charge in [-0.05, 0) is 51.9 Å². The van der Waals surface area contributed by atoms with Crippen molar-refractivity contribution in [2.24, 2.45) is 10.4 Å². The maximum Gasteiger partial charge on any atom is 0.191 e. The van der Waals surface area contributed by atoms with E-state index in [9.17, 15) is 0 Å². The zero-order chi connectivity index (χ0) is 14.1. The smallest absolute Gasteiger partial charge is 0.191 e. The lowest BCUT2D eigenvalue weighted by Crippen LogP contribution is -2.42. The topological polar surface area (TPSA) is 45.7 Å². The van der Waals surface area contributed by atoms with Crippen molar-refractivity contribution in [1.29, 1.82) is 0 Å². The van der Waals surface area contributed by atoms with Crippen LogP contribution in [0.2, 0.25) is 0 Å². The molecular formula is C15H32IN3O. The summed E-state index contributed by atoms with van der Waals surface area (Å²) in [7, 11) is 0. The minimum Gasteiger partial charge on any atom is -0.382 e. The van der Waals surface area contributed by atoms with Crippen LogP contribution in [0.4, 0.5) is 0 Å². The lowest BCUT2D eigenvalue weighted by Gasteiger charge is -2.18. The second-order valence-corrected chi connectivity index (χ2v) is 5.60. The monoisotopic (exact) mass is 397 g/mol. The van der Waals surface area contributed by atoms with Gasteiger partial charge in [-0.1, -0.05) is 6.92 Å². The third kappa shape index (κ3) is 7.67. The number of guanidine groups is 1. The van der Waals surface area contributed by atoms with Gasteiger partial charge in [0.1, 0.15) is 0 Å². The van der Waals surface area contributed by atoms with Gasteiger partial charge in [-0.3, -0.25) is 4.99 Å². The highest BCUT2D eigenvalue weighted by Crippen LogP contribution is 2.48. The molecule has 1 saturated carbocycles. The van der Waals surface area contributed by atoms with Gasteiger partial charge in [0.15, 0.2) is 5.96 Å². The van der Waals surface area contributed by atoms with Crippen molar-refractivity contribution >= 4 is 29.9 Å². The zero-order valence-electron chi connectivity index (χ0n) is 13.5. The number of ether oxygens (including phenoxy) is 1. The molecule has 0 aliphatic heterocycles. The molecule has 1 atom stereocenters. The largest absolute Gasteiger partial charge is 0.382 e. The third-order valence-electron chi connectivity index (χ3n) is 3.85. The Kier molecular flexibility index (Phi) is 10.6. The average Bonchev–Trinajstić information content (AvgIpc) is 3.17. The Hall–Kier alpha value is -0.0400. The number of rotatable bonds is 9. The summed E-state index contributed by atoms with van der Waals surface area (Å²) in [6.07, 6.45) is 4.85. The second kappa shape index (κ2) is 10.7. The molecule has 0 aromatic heterocycles. The van der Waals surface area contributed by atoms with Gasteiger partial charge in [-0.25, -0.2) is 0 Å². The Labute approximate surface area is 141 Å². The highest BCUT2D eigenvalue weighted by atomic mass is 127. The zero-order valence-corrected chi connectivity index (χ0v) is 15.8. The fraction of sp³-hybridized carbons (Fsp3) is 0.933. The van der Waals surface area contributed by atoms with Crippen molar-refractivity contribution in [3.8, 4) is 0 Å². The van der Waals surface area contributed by atoms with Crippen molar-refractivity contribution in [1.82, 2.24) is 10.6 Å². The SMILES string of the molecule is CCNC(=NCC1(CCOCC)CC1)NC(C)CC.I. The first-order valence-electron chi connectivity index (χ1n) is 7.78. The summed E-state index contributed by atoms with van der Waals surface area (Å²) < 4.78 is 5.47. The van der Waals surface area contributed by atoms with Crippen molar-refractivity contribution in [3.05, 3.63) is 0 Å². The van der Waals surface area contributed by atoms with Gasteiger partial charge in [0, 0.05) is 32.3 Å². The molecule has 1 rings (SSSR count). The lowest BCUT2D eigenvalue weighted by atomic mass is 10.0. The van der Waals surface area contributed by atoms with Gasteiger partial charge < -0.3 is 15.4 Å². The summed E-state index contributed by atoms with van der Waals surface area (Å²) in [5, 5.41) is 6.77. The number of halogens is 1. The molecule has 0 aromatic rings. The third-order valence-corrected chi connectivity index (χ3v) is 3.85. The number of hydrogen-bond acceptors (Lipinski definition) is 2. The van der Waals surface area contributed by atoms with Crippen LogP contribution >= 0.6 is 24.0 Å². The molecule has 1 unspecified atom stereocenters. The van der Waals surface area contributed by atoms with Gasteiger partial charge in [0.25, 0.3) is 0 Å². The molecule has 4 nitrogen and oxygen atoms in total. The van der Waals surface area contributed by atoms with Crippen LogP contribution in [0, 0.1) is 5.41 Å². The molecule has 0 heterocycles. The maximum absolute atomic E-state index is 5.47. The molecule has 1 fully saturated rings. The Morgan fingerprint density at radius 1 is 1.30 bits per heavy atom. The standard InChI is InChI=1S/C15H31N3O.HI/c1-5-13(4)18-14(16-6-2)17-12-15(8-9-15)10-11-19-7-3;/h13H,5-12H2,1-4H3,(H2,16,17,18);1H. The van der Waals surface area contributed by atoms with Crippen molar-refractivity contribution in [3.63, 3.8) is 0 Å². The van der Waals surface area contributed by atoms with E-state index >= 15 is 0 Å². The van der Waals surface area contributed by atoms with Crippen LogP contribution in [0.15, 0.2) is 4.99 Å². The van der Waals surface area contributed by atoms with Crippen molar-refractivity contribution in [2.75, 3.05) is 26.3 Å². The van der Waals surface area contributed by atoms with Crippen LogP contribution in [0.3, 0.4) is 0 Å². The van der Waals surface area contributed by atoms with E-state index in [1.165, 1.54) is 12.8 Å². The summed E-state index contributed by atoms with van der Waals surface area (Å²) in [5.41, 5.74) is 0.424. The Morgan fingerprint density at radius 3 is 2.50 bits per heavy atom. The van der Waals surface area contributed by atoms with Crippen LogP contribution in [0.25, 0.3) is 0 Å². The van der Waals surface area contributed by atoms with Crippen LogP contribution in [0.5, 0.6) is 0 Å². The summed E-state index contributed by atoms with van der Waals surface area (Å²) in [5.74, 6) is 0.958. The molecule has 2 N–H and O–H groups in total. The van der Waals surface area contributed by atoms with Crippen LogP contribution in [-0.2, 0) is 4.74 Å². The molecule has 20 heavy (non-hydrogen) atoms. The maximum atomic E-state index is 5.47. The minimum atomic E-state index is 0. The molecular weight excluding hydrogens is 365 g/mol. The van der Waals surface area contributed by atoms with E-state index < -0.39 is 0 Å². The van der Waals surface area contributed by atoms with Crippen molar-refractivity contribution in [2.45, 2.75) is 59.4 Å². The number of nitrogens with zero attached hydrogens (tertiary/aromatic N) is 1. The van der Waals surface area contributed by atoms with Crippen molar-refractivity contribution < 1.29 is 4.74 Å². The summed E-state index contributed by atoms with van der Waals surface area (Å²) in [6.45, 7) is 12.1. The highest BCUT2D eigenvalue weighted by Gasteiger charge is 2.41. The summed E-state index contributed by atoms with van der Waals surface area (Å²) >= 11 is 0. The Morgan fingerprint density at radius 2 is 2.00 bits per heavy atom. The predicted octanol–water partition coefficient (Wildman–Crippen LogP) is 3.16. The molecule has 1 aliphatic carbocycles. The number of nitrogens with one attached hydrogen (secondary N) is 2. The molecule has 0 bridgehead atoms. The van der Waals surface area contributed by atoms with E-state index in [0.29, 0.717) is 11.5 Å². The molecule has 5 heteroatoms. The van der Waals surface area contributed by atoms with E-state index in [1.54, 1.807) is 0 Å². The molecule has 0 amide bonds. The van der Waals surface area contributed by atoms with E-state index in [-0.39, 0.29) is 24.0 Å². The van der Waals surface area contributed by atoms with E-state index in [1.807, 2.05) is 0 Å². The minimum absolute atomic E-state index is 0. The first-order valence-corrected chi connectivity index (χ1v) is 7.78.